The first-order chi connectivity index (χ1) is 11.5. The number of rotatable bonds is 6. The molecule has 0 aliphatic carbocycles. The molecule has 0 heterocycles. The molecule has 2 rings (SSSR count). The Balaban J connectivity index is 1.94. The number of carbonyl (C=O) groups excluding carboxylic acids is 2. The summed E-state index contributed by atoms with van der Waals surface area (Å²) in [6.45, 7) is 6.17. The second-order valence-electron chi connectivity index (χ2n) is 5.52. The highest BCUT2D eigenvalue weighted by Gasteiger charge is 2.08. The SMILES string of the molecule is CCOC(=O)c1cccc(NCC(=O)Nc2ccc(C)cc2C)c1. The third-order valence-electron chi connectivity index (χ3n) is 3.48. The number of anilines is 2. The van der Waals surface area contributed by atoms with E-state index in [2.05, 4.69) is 10.6 Å². The van der Waals surface area contributed by atoms with E-state index in [4.69, 9.17) is 4.74 Å². The lowest BCUT2D eigenvalue weighted by atomic mass is 10.1. The van der Waals surface area contributed by atoms with Crippen LogP contribution in [0.3, 0.4) is 0 Å². The summed E-state index contributed by atoms with van der Waals surface area (Å²) in [7, 11) is 0. The summed E-state index contributed by atoms with van der Waals surface area (Å²) in [5.74, 6) is -0.524. The van der Waals surface area contributed by atoms with Crippen molar-refractivity contribution in [3.63, 3.8) is 0 Å². The number of nitrogens with one attached hydrogen (secondary N) is 2. The van der Waals surface area contributed by atoms with Gasteiger partial charge in [-0.2, -0.15) is 0 Å². The maximum Gasteiger partial charge on any atom is 0.338 e. The van der Waals surface area contributed by atoms with Gasteiger partial charge >= 0.3 is 5.97 Å². The van der Waals surface area contributed by atoms with Gasteiger partial charge in [0.1, 0.15) is 0 Å². The fraction of sp³-hybridized carbons (Fsp3) is 0.263. The van der Waals surface area contributed by atoms with E-state index in [0.717, 1.165) is 16.8 Å². The van der Waals surface area contributed by atoms with Gasteiger partial charge in [0.25, 0.3) is 0 Å². The number of amides is 1. The normalized spacial score (nSPS) is 10.1. The monoisotopic (exact) mass is 326 g/mol. The summed E-state index contributed by atoms with van der Waals surface area (Å²) in [4.78, 5) is 23.8. The van der Waals surface area contributed by atoms with Crippen LogP contribution in [0.1, 0.15) is 28.4 Å². The van der Waals surface area contributed by atoms with Crippen LogP contribution in [0.15, 0.2) is 42.5 Å². The Kier molecular flexibility index (Phi) is 5.95. The first-order valence-electron chi connectivity index (χ1n) is 7.87. The van der Waals surface area contributed by atoms with Crippen molar-refractivity contribution in [2.75, 3.05) is 23.8 Å². The molecule has 0 spiro atoms. The molecule has 126 valence electrons. The van der Waals surface area contributed by atoms with Gasteiger partial charge in [-0.15, -0.1) is 0 Å². The number of hydrogen-bond acceptors (Lipinski definition) is 4. The molecule has 2 aromatic rings. The summed E-state index contributed by atoms with van der Waals surface area (Å²) in [5, 5.41) is 5.89. The zero-order valence-corrected chi connectivity index (χ0v) is 14.2. The van der Waals surface area contributed by atoms with Gasteiger partial charge in [-0.1, -0.05) is 23.8 Å². The Morgan fingerprint density at radius 3 is 2.58 bits per heavy atom. The summed E-state index contributed by atoms with van der Waals surface area (Å²) >= 11 is 0. The standard InChI is InChI=1S/C19H22N2O3/c1-4-24-19(23)15-6-5-7-16(11-15)20-12-18(22)21-17-9-8-13(2)10-14(17)3/h5-11,20H,4,12H2,1-3H3,(H,21,22). The van der Waals surface area contributed by atoms with E-state index < -0.39 is 0 Å². The van der Waals surface area contributed by atoms with Gasteiger partial charge < -0.3 is 15.4 Å². The summed E-state index contributed by atoms with van der Waals surface area (Å²) < 4.78 is 4.96. The van der Waals surface area contributed by atoms with Crippen LogP contribution in [0.25, 0.3) is 0 Å². The van der Waals surface area contributed by atoms with Gasteiger partial charge in [-0.05, 0) is 50.6 Å². The van der Waals surface area contributed by atoms with Gasteiger partial charge in [-0.25, -0.2) is 4.79 Å². The van der Waals surface area contributed by atoms with Gasteiger partial charge in [0.05, 0.1) is 18.7 Å². The minimum atomic E-state index is -0.374. The topological polar surface area (TPSA) is 67.4 Å². The first-order valence-corrected chi connectivity index (χ1v) is 7.87. The second kappa shape index (κ2) is 8.15. The molecule has 5 heteroatoms. The number of aryl methyl sites for hydroxylation is 2. The lowest BCUT2D eigenvalue weighted by molar-refractivity contribution is -0.114. The molecule has 0 aliphatic heterocycles. The number of hydrogen-bond donors (Lipinski definition) is 2. The largest absolute Gasteiger partial charge is 0.462 e. The van der Waals surface area contributed by atoms with Crippen molar-refractivity contribution < 1.29 is 14.3 Å². The van der Waals surface area contributed by atoms with E-state index in [1.54, 1.807) is 31.2 Å². The molecule has 0 aliphatic rings. The van der Waals surface area contributed by atoms with Gasteiger partial charge in [0, 0.05) is 11.4 Å². The van der Waals surface area contributed by atoms with E-state index >= 15 is 0 Å². The molecule has 0 atom stereocenters. The molecular formula is C19H22N2O3. The van der Waals surface area contributed by atoms with Crippen molar-refractivity contribution in [3.8, 4) is 0 Å². The molecule has 2 N–H and O–H groups in total. The van der Waals surface area contributed by atoms with Crippen LogP contribution in [-0.2, 0) is 9.53 Å². The summed E-state index contributed by atoms with van der Waals surface area (Å²) in [6, 6.07) is 12.8. The third kappa shape index (κ3) is 4.84. The number of ether oxygens (including phenoxy) is 1. The average Bonchev–Trinajstić information content (AvgIpc) is 2.56. The Labute approximate surface area is 142 Å². The lowest BCUT2D eigenvalue weighted by Gasteiger charge is -2.11. The van der Waals surface area contributed by atoms with Crippen molar-refractivity contribution in [2.24, 2.45) is 0 Å². The van der Waals surface area contributed by atoms with Crippen molar-refractivity contribution >= 4 is 23.3 Å². The van der Waals surface area contributed by atoms with Gasteiger partial charge in [0.2, 0.25) is 5.91 Å². The highest BCUT2D eigenvalue weighted by atomic mass is 16.5. The second-order valence-corrected chi connectivity index (χ2v) is 5.52. The first kappa shape index (κ1) is 17.5. The van der Waals surface area contributed by atoms with Crippen LogP contribution in [0.4, 0.5) is 11.4 Å². The molecule has 0 fully saturated rings. The zero-order valence-electron chi connectivity index (χ0n) is 14.2. The van der Waals surface area contributed by atoms with Crippen LogP contribution in [0.2, 0.25) is 0 Å². The summed E-state index contributed by atoms with van der Waals surface area (Å²) in [5.41, 5.74) is 4.12. The van der Waals surface area contributed by atoms with Gasteiger partial charge in [-0.3, -0.25) is 4.79 Å². The van der Waals surface area contributed by atoms with Crippen molar-refractivity contribution in [3.05, 3.63) is 59.2 Å². The molecule has 0 radical (unpaired) electrons. The minimum absolute atomic E-state index is 0.111. The zero-order chi connectivity index (χ0) is 17.5. The predicted molar refractivity (Wildman–Crippen MR) is 95.4 cm³/mol. The highest BCUT2D eigenvalue weighted by molar-refractivity contribution is 5.95. The number of benzene rings is 2. The molecule has 24 heavy (non-hydrogen) atoms. The fourth-order valence-electron chi connectivity index (χ4n) is 2.30. The molecule has 1 amide bonds. The Morgan fingerprint density at radius 2 is 1.88 bits per heavy atom. The molecule has 2 aromatic carbocycles. The maximum absolute atomic E-state index is 12.1. The van der Waals surface area contributed by atoms with Crippen LogP contribution in [0, 0.1) is 13.8 Å². The van der Waals surface area contributed by atoms with E-state index in [1.165, 1.54) is 0 Å². The van der Waals surface area contributed by atoms with E-state index in [-0.39, 0.29) is 18.4 Å². The highest BCUT2D eigenvalue weighted by Crippen LogP contribution is 2.16. The molecule has 0 aromatic heterocycles. The molecule has 0 saturated carbocycles. The predicted octanol–water partition coefficient (Wildman–Crippen LogP) is 3.53. The smallest absolute Gasteiger partial charge is 0.338 e. The lowest BCUT2D eigenvalue weighted by Crippen LogP contribution is -2.22. The maximum atomic E-state index is 12.1. The number of carbonyl (C=O) groups is 2. The summed E-state index contributed by atoms with van der Waals surface area (Å²) in [6.07, 6.45) is 0. The average molecular weight is 326 g/mol. The van der Waals surface area contributed by atoms with E-state index in [9.17, 15) is 9.59 Å². The van der Waals surface area contributed by atoms with Crippen LogP contribution in [0.5, 0.6) is 0 Å². The van der Waals surface area contributed by atoms with E-state index in [1.807, 2.05) is 32.0 Å². The fourth-order valence-corrected chi connectivity index (χ4v) is 2.30. The van der Waals surface area contributed by atoms with Crippen LogP contribution >= 0.6 is 0 Å². The minimum Gasteiger partial charge on any atom is -0.462 e. The quantitative estimate of drug-likeness (QED) is 0.797. The molecular weight excluding hydrogens is 304 g/mol. The van der Waals surface area contributed by atoms with Crippen LogP contribution in [-0.4, -0.2) is 25.0 Å². The van der Waals surface area contributed by atoms with Crippen molar-refractivity contribution in [1.29, 1.82) is 0 Å². The molecule has 5 nitrogen and oxygen atoms in total. The Hall–Kier alpha value is -2.82. The van der Waals surface area contributed by atoms with Crippen molar-refractivity contribution in [1.82, 2.24) is 0 Å². The molecule has 0 bridgehead atoms. The Morgan fingerprint density at radius 1 is 1.08 bits per heavy atom. The van der Waals surface area contributed by atoms with E-state index in [0.29, 0.717) is 17.9 Å². The molecule has 0 saturated heterocycles. The Bertz CT molecular complexity index is 741. The third-order valence-corrected chi connectivity index (χ3v) is 3.48. The van der Waals surface area contributed by atoms with Gasteiger partial charge in [0.15, 0.2) is 0 Å². The van der Waals surface area contributed by atoms with Crippen molar-refractivity contribution in [2.45, 2.75) is 20.8 Å². The van der Waals surface area contributed by atoms with Crippen LogP contribution < -0.4 is 10.6 Å². The molecule has 0 unspecified atom stereocenters. The number of esters is 1.